The zero-order valence-electron chi connectivity index (χ0n) is 9.38. The number of hydrogen-bond acceptors (Lipinski definition) is 2. The molecule has 1 rings (SSSR count). The van der Waals surface area contributed by atoms with Gasteiger partial charge in [-0.1, -0.05) is 25.7 Å². The molecule has 0 aromatic carbocycles. The van der Waals surface area contributed by atoms with Crippen molar-refractivity contribution in [3.63, 3.8) is 0 Å². The SMILES string of the molecule is C#CC(CCC)NC(=O)C1CCCCN1. The fraction of sp³-hybridized carbons (Fsp3) is 0.750. The molecule has 2 N–H and O–H groups in total. The summed E-state index contributed by atoms with van der Waals surface area (Å²) in [5.74, 6) is 2.67. The summed E-state index contributed by atoms with van der Waals surface area (Å²) in [7, 11) is 0. The Kier molecular flexibility index (Phi) is 5.20. The number of terminal acetylenes is 1. The topological polar surface area (TPSA) is 41.1 Å². The Morgan fingerprint density at radius 2 is 2.47 bits per heavy atom. The third-order valence-corrected chi connectivity index (χ3v) is 2.72. The lowest BCUT2D eigenvalue weighted by Gasteiger charge is -2.24. The smallest absolute Gasteiger partial charge is 0.238 e. The maximum Gasteiger partial charge on any atom is 0.238 e. The van der Waals surface area contributed by atoms with Crippen LogP contribution in [0.5, 0.6) is 0 Å². The largest absolute Gasteiger partial charge is 0.341 e. The number of carbonyl (C=O) groups excluding carboxylic acids is 1. The van der Waals surface area contributed by atoms with Gasteiger partial charge in [0.25, 0.3) is 0 Å². The molecule has 0 bridgehead atoms. The van der Waals surface area contributed by atoms with Crippen molar-refractivity contribution >= 4 is 5.91 Å². The van der Waals surface area contributed by atoms with Crippen LogP contribution in [-0.4, -0.2) is 24.5 Å². The fourth-order valence-corrected chi connectivity index (χ4v) is 1.83. The highest BCUT2D eigenvalue weighted by atomic mass is 16.2. The minimum absolute atomic E-state index is 0.0357. The minimum Gasteiger partial charge on any atom is -0.341 e. The second-order valence-electron chi connectivity index (χ2n) is 4.02. The molecule has 2 atom stereocenters. The summed E-state index contributed by atoms with van der Waals surface area (Å²) in [4.78, 5) is 11.8. The molecule has 0 aliphatic carbocycles. The van der Waals surface area contributed by atoms with Crippen molar-refractivity contribution in [3.05, 3.63) is 0 Å². The Morgan fingerprint density at radius 3 is 3.00 bits per heavy atom. The quantitative estimate of drug-likeness (QED) is 0.678. The normalized spacial score (nSPS) is 22.8. The van der Waals surface area contributed by atoms with Gasteiger partial charge in [-0.15, -0.1) is 6.42 Å². The molecule has 2 unspecified atom stereocenters. The molecular formula is C12H20N2O. The van der Waals surface area contributed by atoms with E-state index in [9.17, 15) is 4.79 Å². The monoisotopic (exact) mass is 208 g/mol. The van der Waals surface area contributed by atoms with Crippen molar-refractivity contribution < 1.29 is 4.79 Å². The maximum absolute atomic E-state index is 11.8. The lowest BCUT2D eigenvalue weighted by atomic mass is 10.0. The summed E-state index contributed by atoms with van der Waals surface area (Å²) in [5.41, 5.74) is 0. The Bertz CT molecular complexity index is 238. The predicted octanol–water partition coefficient (Wildman–Crippen LogP) is 1.05. The van der Waals surface area contributed by atoms with Gasteiger partial charge in [0, 0.05) is 0 Å². The van der Waals surface area contributed by atoms with Crippen LogP contribution < -0.4 is 10.6 Å². The number of carbonyl (C=O) groups is 1. The molecule has 0 spiro atoms. The van der Waals surface area contributed by atoms with Crippen LogP contribution in [0.3, 0.4) is 0 Å². The summed E-state index contributed by atoms with van der Waals surface area (Å²) >= 11 is 0. The zero-order valence-corrected chi connectivity index (χ0v) is 9.38. The van der Waals surface area contributed by atoms with Gasteiger partial charge in [0.05, 0.1) is 12.1 Å². The van der Waals surface area contributed by atoms with E-state index in [1.807, 2.05) is 0 Å². The van der Waals surface area contributed by atoms with Gasteiger partial charge in [0.1, 0.15) is 0 Å². The van der Waals surface area contributed by atoms with Crippen LogP contribution in [0.25, 0.3) is 0 Å². The molecule has 3 nitrogen and oxygen atoms in total. The van der Waals surface area contributed by atoms with Gasteiger partial charge >= 0.3 is 0 Å². The summed E-state index contributed by atoms with van der Waals surface area (Å²) in [6, 6.07) is -0.141. The highest BCUT2D eigenvalue weighted by Gasteiger charge is 2.21. The van der Waals surface area contributed by atoms with Gasteiger partial charge in [0.15, 0.2) is 0 Å². The number of piperidine rings is 1. The minimum atomic E-state index is -0.105. The van der Waals surface area contributed by atoms with E-state index < -0.39 is 0 Å². The number of amides is 1. The molecule has 1 fully saturated rings. The molecule has 1 heterocycles. The van der Waals surface area contributed by atoms with Crippen LogP contribution in [0.4, 0.5) is 0 Å². The fourth-order valence-electron chi connectivity index (χ4n) is 1.83. The first-order chi connectivity index (χ1) is 7.27. The van der Waals surface area contributed by atoms with Gasteiger partial charge in [-0.25, -0.2) is 0 Å². The van der Waals surface area contributed by atoms with Crippen LogP contribution in [0.2, 0.25) is 0 Å². The van der Waals surface area contributed by atoms with Crippen LogP contribution in [-0.2, 0) is 4.79 Å². The van der Waals surface area contributed by atoms with Gasteiger partial charge in [0.2, 0.25) is 5.91 Å². The zero-order chi connectivity index (χ0) is 11.1. The highest BCUT2D eigenvalue weighted by Crippen LogP contribution is 2.07. The van der Waals surface area contributed by atoms with Gasteiger partial charge in [-0.3, -0.25) is 4.79 Å². The molecule has 3 heteroatoms. The average Bonchev–Trinajstić information content (AvgIpc) is 2.29. The molecule has 1 aliphatic rings. The second kappa shape index (κ2) is 6.47. The standard InChI is InChI=1S/C12H20N2O/c1-3-7-10(4-2)14-12(15)11-8-5-6-9-13-11/h2,10-11,13H,3,5-9H2,1H3,(H,14,15). The van der Waals surface area contributed by atoms with Crippen LogP contribution in [0, 0.1) is 12.3 Å². The molecule has 1 saturated heterocycles. The Labute approximate surface area is 92.0 Å². The first-order valence-corrected chi connectivity index (χ1v) is 5.77. The molecule has 1 amide bonds. The van der Waals surface area contributed by atoms with Crippen LogP contribution >= 0.6 is 0 Å². The van der Waals surface area contributed by atoms with Gasteiger partial charge < -0.3 is 10.6 Å². The summed E-state index contributed by atoms with van der Waals surface area (Å²) in [6.07, 6.45) is 10.4. The Morgan fingerprint density at radius 1 is 1.67 bits per heavy atom. The van der Waals surface area contributed by atoms with Gasteiger partial charge in [-0.2, -0.15) is 0 Å². The van der Waals surface area contributed by atoms with E-state index in [1.54, 1.807) is 0 Å². The third kappa shape index (κ3) is 3.93. The molecule has 0 aromatic rings. The van der Waals surface area contributed by atoms with Crippen molar-refractivity contribution in [1.82, 2.24) is 10.6 Å². The lowest BCUT2D eigenvalue weighted by molar-refractivity contribution is -0.124. The van der Waals surface area contributed by atoms with E-state index in [1.165, 1.54) is 0 Å². The molecule has 15 heavy (non-hydrogen) atoms. The second-order valence-corrected chi connectivity index (χ2v) is 4.02. The Hall–Kier alpha value is -1.01. The third-order valence-electron chi connectivity index (χ3n) is 2.72. The van der Waals surface area contributed by atoms with E-state index in [0.29, 0.717) is 0 Å². The van der Waals surface area contributed by atoms with E-state index in [2.05, 4.69) is 23.5 Å². The highest BCUT2D eigenvalue weighted by molar-refractivity contribution is 5.82. The molecule has 0 radical (unpaired) electrons. The Balaban J connectivity index is 2.36. The van der Waals surface area contributed by atoms with Crippen molar-refractivity contribution in [2.24, 2.45) is 0 Å². The van der Waals surface area contributed by atoms with Crippen LogP contribution in [0.15, 0.2) is 0 Å². The van der Waals surface area contributed by atoms with Crippen LogP contribution in [0.1, 0.15) is 39.0 Å². The molecular weight excluding hydrogens is 188 g/mol. The average molecular weight is 208 g/mol. The van der Waals surface area contributed by atoms with E-state index in [0.717, 1.165) is 38.6 Å². The van der Waals surface area contributed by atoms with E-state index in [-0.39, 0.29) is 18.0 Å². The maximum atomic E-state index is 11.8. The van der Waals surface area contributed by atoms with Crippen molar-refractivity contribution in [1.29, 1.82) is 0 Å². The molecule has 1 aliphatic heterocycles. The molecule has 0 aromatic heterocycles. The number of nitrogens with one attached hydrogen (secondary N) is 2. The molecule has 0 saturated carbocycles. The predicted molar refractivity (Wildman–Crippen MR) is 61.3 cm³/mol. The van der Waals surface area contributed by atoms with E-state index in [4.69, 9.17) is 6.42 Å². The number of rotatable bonds is 4. The number of hydrogen-bond donors (Lipinski definition) is 2. The summed E-state index contributed by atoms with van der Waals surface area (Å²) in [5, 5.41) is 6.11. The molecule has 84 valence electrons. The lowest BCUT2D eigenvalue weighted by Crippen LogP contribution is -2.49. The first-order valence-electron chi connectivity index (χ1n) is 5.77. The first kappa shape index (κ1) is 12.1. The van der Waals surface area contributed by atoms with Crippen molar-refractivity contribution in [2.75, 3.05) is 6.54 Å². The van der Waals surface area contributed by atoms with Crippen molar-refractivity contribution in [3.8, 4) is 12.3 Å². The van der Waals surface area contributed by atoms with Crippen molar-refractivity contribution in [2.45, 2.75) is 51.1 Å². The summed E-state index contributed by atoms with van der Waals surface area (Å²) in [6.45, 7) is 3.00. The van der Waals surface area contributed by atoms with Gasteiger partial charge in [-0.05, 0) is 25.8 Å². The summed E-state index contributed by atoms with van der Waals surface area (Å²) < 4.78 is 0. The van der Waals surface area contributed by atoms with E-state index >= 15 is 0 Å².